The molecule has 1 aliphatic carbocycles. The van der Waals surface area contributed by atoms with Crippen LogP contribution in [0.5, 0.6) is 0 Å². The van der Waals surface area contributed by atoms with Crippen LogP contribution in [-0.4, -0.2) is 28.1 Å². The van der Waals surface area contributed by atoms with Crippen LogP contribution in [0, 0.1) is 5.92 Å². The van der Waals surface area contributed by atoms with Gasteiger partial charge in [0.2, 0.25) is 0 Å². The van der Waals surface area contributed by atoms with Gasteiger partial charge in [-0.05, 0) is 18.8 Å². The minimum atomic E-state index is -0.883. The van der Waals surface area contributed by atoms with E-state index in [4.69, 9.17) is 5.11 Å². The molecule has 0 spiro atoms. The molecule has 2 rings (SSSR count). The average Bonchev–Trinajstić information content (AvgIpc) is 3.02. The smallest absolute Gasteiger partial charge is 0.315 e. The zero-order chi connectivity index (χ0) is 13.0. The first kappa shape index (κ1) is 12.8. The average molecular weight is 269 g/mol. The summed E-state index contributed by atoms with van der Waals surface area (Å²) in [5.41, 5.74) is 2.50. The van der Waals surface area contributed by atoms with E-state index >= 15 is 0 Å². The molecule has 0 bridgehead atoms. The number of nitrogens with zero attached hydrogens (tertiary/aromatic N) is 1. The van der Waals surface area contributed by atoms with E-state index in [1.54, 1.807) is 5.51 Å². The number of hydrogen-bond donors (Lipinski definition) is 3. The van der Waals surface area contributed by atoms with Crippen LogP contribution < -0.4 is 10.6 Å². The Bertz CT molecular complexity index is 417. The molecule has 1 unspecified atom stereocenters. The summed E-state index contributed by atoms with van der Waals surface area (Å²) in [6.45, 7) is 0.361. The van der Waals surface area contributed by atoms with Gasteiger partial charge in [-0.3, -0.25) is 4.79 Å². The van der Waals surface area contributed by atoms with Crippen LogP contribution in [0.15, 0.2) is 10.9 Å². The summed E-state index contributed by atoms with van der Waals surface area (Å²) in [6, 6.07) is -0.598. The Kier molecular flexibility index (Phi) is 4.14. The third-order valence-corrected chi connectivity index (χ3v) is 3.45. The Morgan fingerprint density at radius 2 is 2.33 bits per heavy atom. The van der Waals surface area contributed by atoms with Crippen molar-refractivity contribution in [3.05, 3.63) is 16.6 Å². The van der Waals surface area contributed by atoms with Crippen molar-refractivity contribution in [1.82, 2.24) is 15.6 Å². The van der Waals surface area contributed by atoms with E-state index in [-0.39, 0.29) is 18.5 Å². The largest absolute Gasteiger partial charge is 0.481 e. The topological polar surface area (TPSA) is 91.3 Å². The second-order valence-corrected chi connectivity index (χ2v) is 5.07. The number of carbonyl (C=O) groups is 2. The molecule has 3 N–H and O–H groups in total. The molecular weight excluding hydrogens is 254 g/mol. The summed E-state index contributed by atoms with van der Waals surface area (Å²) >= 11 is 1.47. The molecule has 1 atom stereocenters. The number of hydrogen-bond acceptors (Lipinski definition) is 4. The third kappa shape index (κ3) is 3.99. The minimum absolute atomic E-state index is 0.0191. The van der Waals surface area contributed by atoms with E-state index in [0.29, 0.717) is 12.5 Å². The molecule has 0 radical (unpaired) electrons. The van der Waals surface area contributed by atoms with Crippen molar-refractivity contribution in [2.45, 2.75) is 31.8 Å². The Hall–Kier alpha value is -1.63. The predicted molar refractivity (Wildman–Crippen MR) is 66.3 cm³/mol. The number of rotatable bonds is 6. The molecule has 1 aromatic rings. The van der Waals surface area contributed by atoms with Gasteiger partial charge in [-0.1, -0.05) is 0 Å². The highest BCUT2D eigenvalue weighted by atomic mass is 32.1. The van der Waals surface area contributed by atoms with Crippen LogP contribution in [0.25, 0.3) is 0 Å². The summed E-state index contributed by atoms with van der Waals surface area (Å²) in [7, 11) is 0. The van der Waals surface area contributed by atoms with E-state index in [1.807, 2.05) is 5.38 Å². The van der Waals surface area contributed by atoms with Crippen molar-refractivity contribution in [3.63, 3.8) is 0 Å². The van der Waals surface area contributed by atoms with Gasteiger partial charge in [0, 0.05) is 11.4 Å². The van der Waals surface area contributed by atoms with Crippen molar-refractivity contribution < 1.29 is 14.7 Å². The zero-order valence-electron chi connectivity index (χ0n) is 9.76. The van der Waals surface area contributed by atoms with E-state index < -0.39 is 5.97 Å². The van der Waals surface area contributed by atoms with Crippen LogP contribution in [0.4, 0.5) is 4.79 Å². The number of thiazole rings is 1. The monoisotopic (exact) mass is 269 g/mol. The second kappa shape index (κ2) is 5.81. The normalized spacial score (nSPS) is 16.0. The predicted octanol–water partition coefficient (Wildman–Crippen LogP) is 1.20. The molecule has 0 saturated heterocycles. The van der Waals surface area contributed by atoms with Crippen molar-refractivity contribution in [2.24, 2.45) is 5.92 Å². The Labute approximate surface area is 108 Å². The number of aliphatic carboxylic acids is 1. The lowest BCUT2D eigenvalue weighted by atomic mass is 10.1. The van der Waals surface area contributed by atoms with Crippen LogP contribution in [0.2, 0.25) is 0 Å². The maximum Gasteiger partial charge on any atom is 0.315 e. The lowest BCUT2D eigenvalue weighted by Gasteiger charge is -2.16. The summed E-state index contributed by atoms with van der Waals surface area (Å²) in [6.07, 6.45) is 1.96. The van der Waals surface area contributed by atoms with Gasteiger partial charge in [-0.2, -0.15) is 0 Å². The van der Waals surface area contributed by atoms with Crippen molar-refractivity contribution in [1.29, 1.82) is 0 Å². The van der Waals surface area contributed by atoms with Gasteiger partial charge in [0.15, 0.2) is 0 Å². The quantitative estimate of drug-likeness (QED) is 0.723. The fourth-order valence-corrected chi connectivity index (χ4v) is 2.30. The molecular formula is C11H15N3O3S. The maximum absolute atomic E-state index is 11.6. The van der Waals surface area contributed by atoms with Crippen LogP contribution in [0.1, 0.15) is 25.0 Å². The molecule has 1 aliphatic rings. The Morgan fingerprint density at radius 1 is 1.56 bits per heavy atom. The molecule has 7 heteroatoms. The summed E-state index contributed by atoms with van der Waals surface area (Å²) < 4.78 is 0. The third-order valence-electron chi connectivity index (χ3n) is 2.82. The Morgan fingerprint density at radius 3 is 2.89 bits per heavy atom. The number of carboxylic acids is 1. The zero-order valence-corrected chi connectivity index (χ0v) is 10.6. The van der Waals surface area contributed by atoms with Gasteiger partial charge >= 0.3 is 12.0 Å². The van der Waals surface area contributed by atoms with Crippen LogP contribution >= 0.6 is 11.3 Å². The second-order valence-electron chi connectivity index (χ2n) is 4.35. The van der Waals surface area contributed by atoms with Crippen molar-refractivity contribution in [2.75, 3.05) is 0 Å². The number of aromatic nitrogens is 1. The molecule has 1 saturated carbocycles. The molecule has 18 heavy (non-hydrogen) atoms. The number of nitrogens with one attached hydrogen (secondary N) is 2. The molecule has 0 aliphatic heterocycles. The highest BCUT2D eigenvalue weighted by molar-refractivity contribution is 7.07. The van der Waals surface area contributed by atoms with Gasteiger partial charge < -0.3 is 15.7 Å². The fraction of sp³-hybridized carbons (Fsp3) is 0.545. The summed E-state index contributed by atoms with van der Waals surface area (Å²) in [4.78, 5) is 26.4. The number of urea groups is 1. The van der Waals surface area contributed by atoms with Crippen LogP contribution in [-0.2, 0) is 11.3 Å². The highest BCUT2D eigenvalue weighted by Crippen LogP contribution is 2.33. The van der Waals surface area contributed by atoms with Crippen molar-refractivity contribution >= 4 is 23.3 Å². The first-order chi connectivity index (χ1) is 8.65. The van der Waals surface area contributed by atoms with Gasteiger partial charge in [0.1, 0.15) is 0 Å². The molecule has 6 nitrogen and oxygen atoms in total. The molecule has 1 heterocycles. The number of carbonyl (C=O) groups excluding carboxylic acids is 1. The number of carboxylic acid groups (broad SMARTS) is 1. The lowest BCUT2D eigenvalue weighted by molar-refractivity contribution is -0.137. The first-order valence-electron chi connectivity index (χ1n) is 5.78. The first-order valence-corrected chi connectivity index (χ1v) is 6.72. The molecule has 1 fully saturated rings. The highest BCUT2D eigenvalue weighted by Gasteiger charge is 2.33. The van der Waals surface area contributed by atoms with Gasteiger partial charge in [0.25, 0.3) is 0 Å². The summed E-state index contributed by atoms with van der Waals surface area (Å²) in [5, 5.41) is 16.0. The number of amides is 2. The molecule has 0 aromatic carbocycles. The van der Waals surface area contributed by atoms with E-state index in [2.05, 4.69) is 15.6 Å². The SMILES string of the molecule is O=C(O)CC(NC(=O)NCc1cscn1)C1CC1. The molecule has 1 aromatic heterocycles. The van der Waals surface area contributed by atoms with E-state index in [9.17, 15) is 9.59 Å². The van der Waals surface area contributed by atoms with Gasteiger partial charge in [0.05, 0.1) is 24.2 Å². The van der Waals surface area contributed by atoms with E-state index in [0.717, 1.165) is 18.5 Å². The van der Waals surface area contributed by atoms with Gasteiger partial charge in [-0.25, -0.2) is 9.78 Å². The van der Waals surface area contributed by atoms with Gasteiger partial charge in [-0.15, -0.1) is 11.3 Å². The Balaban J connectivity index is 1.76. The minimum Gasteiger partial charge on any atom is -0.481 e. The van der Waals surface area contributed by atoms with Crippen LogP contribution in [0.3, 0.4) is 0 Å². The molecule has 2 amide bonds. The maximum atomic E-state index is 11.6. The molecule has 98 valence electrons. The van der Waals surface area contributed by atoms with Crippen molar-refractivity contribution in [3.8, 4) is 0 Å². The van der Waals surface area contributed by atoms with E-state index in [1.165, 1.54) is 11.3 Å². The summed E-state index contributed by atoms with van der Waals surface area (Å²) in [5.74, 6) is -0.571. The lowest BCUT2D eigenvalue weighted by Crippen LogP contribution is -2.43. The fourth-order valence-electron chi connectivity index (χ4n) is 1.74. The standard InChI is InChI=1S/C11H15N3O3S/c15-10(16)3-9(7-1-2-7)14-11(17)12-4-8-5-18-6-13-8/h5-7,9H,1-4H2,(H,15,16)(H2,12,14,17).